The van der Waals surface area contributed by atoms with Crippen molar-refractivity contribution in [1.29, 1.82) is 0 Å². The van der Waals surface area contributed by atoms with Crippen molar-refractivity contribution in [1.82, 2.24) is 0 Å². The van der Waals surface area contributed by atoms with Gasteiger partial charge in [-0.25, -0.2) is 4.79 Å². The predicted molar refractivity (Wildman–Crippen MR) is 105 cm³/mol. The molecule has 0 spiro atoms. The number of carbonyl (C=O) groups is 1. The van der Waals surface area contributed by atoms with E-state index in [1.165, 1.54) is 13.0 Å². The molecular formula is C22H17NO4. The molecule has 0 aliphatic rings. The second kappa shape index (κ2) is 6.96. The lowest BCUT2D eigenvalue weighted by molar-refractivity contribution is -0.114. The maximum Gasteiger partial charge on any atom is 0.336 e. The molecule has 27 heavy (non-hydrogen) atoms. The normalized spacial score (nSPS) is 10.9. The minimum absolute atomic E-state index is 0.127. The number of benzene rings is 3. The second-order valence-electron chi connectivity index (χ2n) is 6.25. The van der Waals surface area contributed by atoms with Gasteiger partial charge in [-0.15, -0.1) is 0 Å². The smallest absolute Gasteiger partial charge is 0.336 e. The molecule has 0 saturated carbocycles. The highest BCUT2D eigenvalue weighted by molar-refractivity contribution is 6.04. The van der Waals surface area contributed by atoms with E-state index in [2.05, 4.69) is 5.32 Å². The van der Waals surface area contributed by atoms with Crippen molar-refractivity contribution in [3.8, 4) is 5.75 Å². The average Bonchev–Trinajstić information content (AvgIpc) is 2.66. The topological polar surface area (TPSA) is 68.5 Å². The van der Waals surface area contributed by atoms with E-state index < -0.39 is 5.63 Å². The lowest BCUT2D eigenvalue weighted by Gasteiger charge is -2.10. The molecule has 5 nitrogen and oxygen atoms in total. The van der Waals surface area contributed by atoms with Crippen LogP contribution >= 0.6 is 0 Å². The molecule has 4 aromatic rings. The summed E-state index contributed by atoms with van der Waals surface area (Å²) >= 11 is 0. The van der Waals surface area contributed by atoms with E-state index in [0.29, 0.717) is 17.0 Å². The number of nitrogens with one attached hydrogen (secondary N) is 1. The molecule has 1 heterocycles. The summed E-state index contributed by atoms with van der Waals surface area (Å²) in [5.74, 6) is 0.518. The average molecular weight is 359 g/mol. The molecule has 0 bridgehead atoms. The van der Waals surface area contributed by atoms with Crippen LogP contribution < -0.4 is 15.7 Å². The number of fused-ring (bicyclic) bond motifs is 3. The van der Waals surface area contributed by atoms with Crippen molar-refractivity contribution in [3.63, 3.8) is 0 Å². The molecule has 0 aliphatic carbocycles. The van der Waals surface area contributed by atoms with Gasteiger partial charge in [-0.3, -0.25) is 4.79 Å². The van der Waals surface area contributed by atoms with Gasteiger partial charge in [0.1, 0.15) is 17.9 Å². The van der Waals surface area contributed by atoms with Crippen molar-refractivity contribution < 1.29 is 13.9 Å². The largest absolute Gasteiger partial charge is 0.489 e. The molecule has 0 saturated heterocycles. The SMILES string of the molecule is CC(=O)Nc1ccc(OCc2cc(=O)oc3c2ccc2ccccc23)cc1. The van der Waals surface area contributed by atoms with Crippen molar-refractivity contribution >= 4 is 33.3 Å². The van der Waals surface area contributed by atoms with E-state index in [0.717, 1.165) is 21.7 Å². The van der Waals surface area contributed by atoms with E-state index >= 15 is 0 Å². The Morgan fingerprint density at radius 2 is 1.78 bits per heavy atom. The van der Waals surface area contributed by atoms with Crippen LogP contribution in [0.4, 0.5) is 5.69 Å². The zero-order valence-electron chi connectivity index (χ0n) is 14.7. The first-order valence-electron chi connectivity index (χ1n) is 8.55. The highest BCUT2D eigenvalue weighted by Crippen LogP contribution is 2.27. The third kappa shape index (κ3) is 3.53. The number of hydrogen-bond acceptors (Lipinski definition) is 4. The van der Waals surface area contributed by atoms with Crippen molar-refractivity contribution in [3.05, 3.63) is 82.7 Å². The van der Waals surface area contributed by atoms with Gasteiger partial charge in [0.2, 0.25) is 5.91 Å². The van der Waals surface area contributed by atoms with Crippen LogP contribution in [0.5, 0.6) is 5.75 Å². The maximum absolute atomic E-state index is 12.0. The van der Waals surface area contributed by atoms with Crippen LogP contribution in [0.1, 0.15) is 12.5 Å². The fraction of sp³-hybridized carbons (Fsp3) is 0.0909. The molecular weight excluding hydrogens is 342 g/mol. The Hall–Kier alpha value is -3.60. The molecule has 1 amide bonds. The molecule has 0 atom stereocenters. The van der Waals surface area contributed by atoms with Crippen molar-refractivity contribution in [2.45, 2.75) is 13.5 Å². The summed E-state index contributed by atoms with van der Waals surface area (Å²) in [4.78, 5) is 23.1. The third-order valence-electron chi connectivity index (χ3n) is 4.29. The first-order valence-corrected chi connectivity index (χ1v) is 8.55. The van der Waals surface area contributed by atoms with Crippen molar-refractivity contribution in [2.24, 2.45) is 0 Å². The molecule has 0 fully saturated rings. The fourth-order valence-corrected chi connectivity index (χ4v) is 3.07. The number of ether oxygens (including phenoxy) is 1. The standard InChI is InChI=1S/C22H17NO4/c1-14(24)23-17-7-9-18(10-8-17)26-13-16-12-21(25)27-22-19-5-3-2-4-15(19)6-11-20(16)22/h2-12H,13H2,1H3,(H,23,24). The van der Waals surface area contributed by atoms with Gasteiger partial charge in [-0.2, -0.15) is 0 Å². The maximum atomic E-state index is 12.0. The lowest BCUT2D eigenvalue weighted by Crippen LogP contribution is -2.06. The van der Waals surface area contributed by atoms with Crippen LogP contribution in [0.2, 0.25) is 0 Å². The van der Waals surface area contributed by atoms with E-state index in [1.54, 1.807) is 24.3 Å². The monoisotopic (exact) mass is 359 g/mol. The van der Waals surface area contributed by atoms with E-state index in [9.17, 15) is 9.59 Å². The summed E-state index contributed by atoms with van der Waals surface area (Å²) in [5, 5.41) is 5.47. The number of carbonyl (C=O) groups excluding carboxylic acids is 1. The molecule has 0 radical (unpaired) electrons. The number of hydrogen-bond donors (Lipinski definition) is 1. The highest BCUT2D eigenvalue weighted by atomic mass is 16.5. The molecule has 4 rings (SSSR count). The Labute approximate surface area is 155 Å². The van der Waals surface area contributed by atoms with E-state index in [-0.39, 0.29) is 12.5 Å². The molecule has 3 aromatic carbocycles. The van der Waals surface area contributed by atoms with E-state index in [1.807, 2.05) is 36.4 Å². The molecule has 0 aliphatic heterocycles. The van der Waals surface area contributed by atoms with Crippen LogP contribution in [0.15, 0.2) is 75.9 Å². The van der Waals surface area contributed by atoms with Gasteiger partial charge >= 0.3 is 5.63 Å². The fourth-order valence-electron chi connectivity index (χ4n) is 3.07. The molecule has 134 valence electrons. The summed E-state index contributed by atoms with van der Waals surface area (Å²) in [5.41, 5.74) is 1.63. The number of rotatable bonds is 4. The first kappa shape index (κ1) is 16.8. The van der Waals surface area contributed by atoms with Gasteiger partial charge in [-0.05, 0) is 29.7 Å². The molecule has 1 N–H and O–H groups in total. The summed E-state index contributed by atoms with van der Waals surface area (Å²) in [6.07, 6.45) is 0. The number of amides is 1. The van der Waals surface area contributed by atoms with Crippen LogP contribution in [-0.2, 0) is 11.4 Å². The van der Waals surface area contributed by atoms with Gasteiger partial charge in [-0.1, -0.05) is 36.4 Å². The quantitative estimate of drug-likeness (QED) is 0.431. The lowest BCUT2D eigenvalue weighted by atomic mass is 10.0. The third-order valence-corrected chi connectivity index (χ3v) is 4.29. The number of anilines is 1. The first-order chi connectivity index (χ1) is 13.1. The van der Waals surface area contributed by atoms with Crippen LogP contribution in [-0.4, -0.2) is 5.91 Å². The Morgan fingerprint density at radius 1 is 1.00 bits per heavy atom. The molecule has 1 aromatic heterocycles. The zero-order valence-corrected chi connectivity index (χ0v) is 14.7. The van der Waals surface area contributed by atoms with Gasteiger partial charge in [0.25, 0.3) is 0 Å². The van der Waals surface area contributed by atoms with Gasteiger partial charge in [0, 0.05) is 35.0 Å². The summed E-state index contributed by atoms with van der Waals surface area (Å²) < 4.78 is 11.3. The predicted octanol–water partition coefficient (Wildman–Crippen LogP) is 4.48. The Balaban J connectivity index is 1.65. The van der Waals surface area contributed by atoms with E-state index in [4.69, 9.17) is 9.15 Å². The summed E-state index contributed by atoms with van der Waals surface area (Å²) in [6.45, 7) is 1.69. The van der Waals surface area contributed by atoms with Crippen molar-refractivity contribution in [2.75, 3.05) is 5.32 Å². The van der Waals surface area contributed by atoms with Gasteiger partial charge < -0.3 is 14.5 Å². The Morgan fingerprint density at radius 3 is 2.56 bits per heavy atom. The van der Waals surface area contributed by atoms with Crippen LogP contribution in [0.3, 0.4) is 0 Å². The minimum atomic E-state index is -0.404. The Bertz CT molecular complexity index is 1190. The molecule has 5 heteroatoms. The highest BCUT2D eigenvalue weighted by Gasteiger charge is 2.10. The second-order valence-corrected chi connectivity index (χ2v) is 6.25. The molecule has 0 unspecified atom stereocenters. The summed E-state index contributed by atoms with van der Waals surface area (Å²) in [7, 11) is 0. The van der Waals surface area contributed by atoms with Gasteiger partial charge in [0.05, 0.1) is 0 Å². The zero-order chi connectivity index (χ0) is 18.8. The minimum Gasteiger partial charge on any atom is -0.489 e. The van der Waals surface area contributed by atoms with Crippen LogP contribution in [0.25, 0.3) is 21.7 Å². The van der Waals surface area contributed by atoms with Gasteiger partial charge in [0.15, 0.2) is 0 Å². The Kier molecular flexibility index (Phi) is 4.34. The van der Waals surface area contributed by atoms with Crippen LogP contribution in [0, 0.1) is 0 Å². The summed E-state index contributed by atoms with van der Waals surface area (Å²) in [6, 6.07) is 20.3.